The van der Waals surface area contributed by atoms with Crippen LogP contribution in [0.1, 0.15) is 72.1 Å². The summed E-state index contributed by atoms with van der Waals surface area (Å²) in [5.74, 6) is 2.57. The highest BCUT2D eigenvalue weighted by Crippen LogP contribution is 2.33. The first-order valence-electron chi connectivity index (χ1n) is 9.04. The fourth-order valence-electron chi connectivity index (χ4n) is 4.42. The molecule has 0 bridgehead atoms. The quantitative estimate of drug-likeness (QED) is 0.839. The van der Waals surface area contributed by atoms with Crippen LogP contribution in [0, 0.1) is 17.8 Å². The molecule has 2 aliphatic rings. The molecule has 2 fully saturated rings. The van der Waals surface area contributed by atoms with Gasteiger partial charge in [-0.25, -0.2) is 0 Å². The van der Waals surface area contributed by atoms with E-state index in [-0.39, 0.29) is 6.10 Å². The number of hydrogen-bond donors (Lipinski definition) is 1. The van der Waals surface area contributed by atoms with Crippen LogP contribution in [0.15, 0.2) is 0 Å². The SMILES string of the molecule is CCCC1CCC(O)C(N2CCCC(C(C)C)CC2)C1. The number of rotatable bonds is 4. The average Bonchev–Trinajstić information content (AvgIpc) is 2.67. The fourth-order valence-corrected chi connectivity index (χ4v) is 4.42. The first-order valence-corrected chi connectivity index (χ1v) is 9.04. The van der Waals surface area contributed by atoms with E-state index in [9.17, 15) is 5.11 Å². The summed E-state index contributed by atoms with van der Waals surface area (Å²) in [6, 6.07) is 0.450. The molecule has 20 heavy (non-hydrogen) atoms. The van der Waals surface area contributed by atoms with Crippen LogP contribution in [0.4, 0.5) is 0 Å². The predicted octanol–water partition coefficient (Wildman–Crippen LogP) is 4.07. The first-order chi connectivity index (χ1) is 9.61. The maximum atomic E-state index is 10.4. The van der Waals surface area contributed by atoms with Crippen molar-refractivity contribution in [2.24, 2.45) is 17.8 Å². The number of likely N-dealkylation sites (tertiary alicyclic amines) is 1. The van der Waals surface area contributed by atoms with Gasteiger partial charge in [-0.05, 0) is 69.4 Å². The van der Waals surface area contributed by atoms with Crippen LogP contribution in [0.2, 0.25) is 0 Å². The monoisotopic (exact) mass is 281 g/mol. The van der Waals surface area contributed by atoms with Crippen molar-refractivity contribution in [3.8, 4) is 0 Å². The van der Waals surface area contributed by atoms with Gasteiger partial charge in [0.1, 0.15) is 0 Å². The van der Waals surface area contributed by atoms with Gasteiger partial charge in [-0.15, -0.1) is 0 Å². The number of hydrogen-bond acceptors (Lipinski definition) is 2. The lowest BCUT2D eigenvalue weighted by Gasteiger charge is -2.40. The molecule has 1 N–H and O–H groups in total. The van der Waals surface area contributed by atoms with Crippen molar-refractivity contribution in [3.05, 3.63) is 0 Å². The molecule has 0 aromatic rings. The molecule has 0 aromatic carbocycles. The van der Waals surface area contributed by atoms with Crippen molar-refractivity contribution < 1.29 is 5.11 Å². The molecule has 0 aromatic heterocycles. The second kappa shape index (κ2) is 7.79. The lowest BCUT2D eigenvalue weighted by molar-refractivity contribution is 0.00233. The van der Waals surface area contributed by atoms with Crippen LogP contribution in [-0.4, -0.2) is 35.2 Å². The Bertz CT molecular complexity index is 279. The molecule has 1 heterocycles. The smallest absolute Gasteiger partial charge is 0.0695 e. The zero-order valence-corrected chi connectivity index (χ0v) is 13.9. The molecule has 2 nitrogen and oxygen atoms in total. The predicted molar refractivity (Wildman–Crippen MR) is 85.8 cm³/mol. The van der Waals surface area contributed by atoms with Gasteiger partial charge in [0.05, 0.1) is 6.10 Å². The van der Waals surface area contributed by atoms with Gasteiger partial charge in [0.2, 0.25) is 0 Å². The van der Waals surface area contributed by atoms with Crippen LogP contribution < -0.4 is 0 Å². The van der Waals surface area contributed by atoms with E-state index in [1.165, 1.54) is 58.0 Å². The Morgan fingerprint density at radius 1 is 1.10 bits per heavy atom. The lowest BCUT2D eigenvalue weighted by atomic mass is 9.80. The van der Waals surface area contributed by atoms with Crippen molar-refractivity contribution in [3.63, 3.8) is 0 Å². The molecule has 118 valence electrons. The van der Waals surface area contributed by atoms with Crippen molar-refractivity contribution in [2.45, 2.75) is 84.3 Å². The second-order valence-electron chi connectivity index (χ2n) is 7.57. The fraction of sp³-hybridized carbons (Fsp3) is 1.00. The molecule has 4 atom stereocenters. The molecular weight excluding hydrogens is 246 g/mol. The lowest BCUT2D eigenvalue weighted by Crippen LogP contribution is -2.47. The van der Waals surface area contributed by atoms with Crippen LogP contribution >= 0.6 is 0 Å². The van der Waals surface area contributed by atoms with Gasteiger partial charge in [-0.1, -0.05) is 33.6 Å². The zero-order valence-electron chi connectivity index (χ0n) is 13.9. The van der Waals surface area contributed by atoms with Gasteiger partial charge >= 0.3 is 0 Å². The van der Waals surface area contributed by atoms with Crippen LogP contribution in [0.5, 0.6) is 0 Å². The minimum Gasteiger partial charge on any atom is -0.391 e. The summed E-state index contributed by atoms with van der Waals surface area (Å²) in [6.45, 7) is 9.45. The van der Waals surface area contributed by atoms with E-state index in [0.717, 1.165) is 24.2 Å². The Hall–Kier alpha value is -0.0800. The highest BCUT2D eigenvalue weighted by Gasteiger charge is 2.34. The molecule has 0 amide bonds. The molecule has 1 saturated heterocycles. The summed E-state index contributed by atoms with van der Waals surface area (Å²) in [5.41, 5.74) is 0. The highest BCUT2D eigenvalue weighted by atomic mass is 16.3. The van der Waals surface area contributed by atoms with Crippen LogP contribution in [-0.2, 0) is 0 Å². The Morgan fingerprint density at radius 3 is 2.60 bits per heavy atom. The maximum Gasteiger partial charge on any atom is 0.0695 e. The number of nitrogens with zero attached hydrogens (tertiary/aromatic N) is 1. The van der Waals surface area contributed by atoms with E-state index in [0.29, 0.717) is 6.04 Å². The second-order valence-corrected chi connectivity index (χ2v) is 7.57. The van der Waals surface area contributed by atoms with E-state index in [1.807, 2.05) is 0 Å². The van der Waals surface area contributed by atoms with E-state index in [1.54, 1.807) is 0 Å². The van der Waals surface area contributed by atoms with Gasteiger partial charge in [-0.3, -0.25) is 4.90 Å². The van der Waals surface area contributed by atoms with Crippen molar-refractivity contribution in [1.29, 1.82) is 0 Å². The molecule has 4 unspecified atom stereocenters. The summed E-state index contributed by atoms with van der Waals surface area (Å²) in [5, 5.41) is 10.4. The topological polar surface area (TPSA) is 23.5 Å². The zero-order chi connectivity index (χ0) is 14.5. The van der Waals surface area contributed by atoms with E-state index >= 15 is 0 Å². The van der Waals surface area contributed by atoms with Crippen LogP contribution in [0.3, 0.4) is 0 Å². The molecule has 0 radical (unpaired) electrons. The average molecular weight is 281 g/mol. The minimum absolute atomic E-state index is 0.0706. The van der Waals surface area contributed by atoms with E-state index in [2.05, 4.69) is 25.7 Å². The summed E-state index contributed by atoms with van der Waals surface area (Å²) in [6.07, 6.45) is 10.1. The summed E-state index contributed by atoms with van der Waals surface area (Å²) in [7, 11) is 0. The molecule has 1 saturated carbocycles. The van der Waals surface area contributed by atoms with E-state index < -0.39 is 0 Å². The normalized spacial score (nSPS) is 37.0. The molecular formula is C18H35NO. The summed E-state index contributed by atoms with van der Waals surface area (Å²) < 4.78 is 0. The highest BCUT2D eigenvalue weighted by molar-refractivity contribution is 4.88. The molecule has 2 rings (SSSR count). The van der Waals surface area contributed by atoms with Crippen LogP contribution in [0.25, 0.3) is 0 Å². The van der Waals surface area contributed by atoms with Gasteiger partial charge in [-0.2, -0.15) is 0 Å². The van der Waals surface area contributed by atoms with Gasteiger partial charge in [0.15, 0.2) is 0 Å². The molecule has 0 spiro atoms. The number of aliphatic hydroxyl groups excluding tert-OH is 1. The Kier molecular flexibility index (Phi) is 6.35. The standard InChI is InChI=1S/C18H35NO/c1-4-6-15-8-9-18(20)17(13-15)19-11-5-7-16(10-12-19)14(2)3/h14-18,20H,4-13H2,1-3H3. The van der Waals surface area contributed by atoms with E-state index in [4.69, 9.17) is 0 Å². The molecule has 2 heteroatoms. The summed E-state index contributed by atoms with van der Waals surface area (Å²) >= 11 is 0. The van der Waals surface area contributed by atoms with Crippen molar-refractivity contribution in [2.75, 3.05) is 13.1 Å². The van der Waals surface area contributed by atoms with Crippen molar-refractivity contribution >= 4 is 0 Å². The number of aliphatic hydroxyl groups is 1. The minimum atomic E-state index is -0.0706. The third-order valence-electron chi connectivity index (χ3n) is 5.81. The van der Waals surface area contributed by atoms with Gasteiger partial charge in [0.25, 0.3) is 0 Å². The molecule has 1 aliphatic carbocycles. The first kappa shape index (κ1) is 16.3. The molecule has 1 aliphatic heterocycles. The Labute approximate surface area is 125 Å². The maximum absolute atomic E-state index is 10.4. The Morgan fingerprint density at radius 2 is 1.90 bits per heavy atom. The summed E-state index contributed by atoms with van der Waals surface area (Å²) in [4.78, 5) is 2.63. The Balaban J connectivity index is 1.91. The van der Waals surface area contributed by atoms with Gasteiger partial charge < -0.3 is 5.11 Å². The largest absolute Gasteiger partial charge is 0.391 e. The third-order valence-corrected chi connectivity index (χ3v) is 5.81. The van der Waals surface area contributed by atoms with Gasteiger partial charge in [0, 0.05) is 6.04 Å². The third kappa shape index (κ3) is 4.21. The van der Waals surface area contributed by atoms with Crippen molar-refractivity contribution in [1.82, 2.24) is 4.90 Å².